The van der Waals surface area contributed by atoms with Gasteiger partial charge in [-0.2, -0.15) is 0 Å². The van der Waals surface area contributed by atoms with Crippen LogP contribution < -0.4 is 16.8 Å². The average Bonchev–Trinajstić information content (AvgIpc) is 2.38. The lowest BCUT2D eigenvalue weighted by molar-refractivity contribution is -0.385. The molecule has 0 fully saturated rings. The zero-order chi connectivity index (χ0) is 16.4. The van der Waals surface area contributed by atoms with Crippen molar-refractivity contribution in [2.45, 2.75) is 13.8 Å². The Morgan fingerprint density at radius 3 is 2.48 bits per heavy atom. The first-order chi connectivity index (χ1) is 9.56. The summed E-state index contributed by atoms with van der Waals surface area (Å²) in [4.78, 5) is 33.0. The normalized spacial score (nSPS) is 11.0. The standard InChI is InChI=1S/C12H15FN4O4/c1-12(2,11(15)19)5-16-10(18)6-3-8(14)7(13)4-9(6)17(20)21/h3-4H,5,14H2,1-2H3,(H2,15,19)(H,16,18). The third-order valence-electron chi connectivity index (χ3n) is 2.91. The number of carbonyl (C=O) groups is 2. The van der Waals surface area contributed by atoms with Crippen molar-refractivity contribution in [1.82, 2.24) is 5.32 Å². The van der Waals surface area contributed by atoms with E-state index in [1.807, 2.05) is 0 Å². The Kier molecular flexibility index (Phi) is 4.46. The Hall–Kier alpha value is -2.71. The summed E-state index contributed by atoms with van der Waals surface area (Å²) < 4.78 is 13.2. The number of nitro benzene ring substituents is 1. The van der Waals surface area contributed by atoms with Crippen LogP contribution in [0.4, 0.5) is 15.8 Å². The van der Waals surface area contributed by atoms with E-state index in [1.54, 1.807) is 0 Å². The number of nitrogens with zero attached hydrogens (tertiary/aromatic N) is 1. The topological polar surface area (TPSA) is 141 Å². The maximum atomic E-state index is 13.2. The number of nitrogens with one attached hydrogen (secondary N) is 1. The van der Waals surface area contributed by atoms with Crippen LogP contribution in [0.25, 0.3) is 0 Å². The fourth-order valence-electron chi connectivity index (χ4n) is 1.40. The molecule has 0 radical (unpaired) electrons. The number of rotatable bonds is 5. The van der Waals surface area contributed by atoms with Gasteiger partial charge in [0.15, 0.2) is 5.82 Å². The maximum Gasteiger partial charge on any atom is 0.285 e. The molecule has 1 aromatic carbocycles. The molecule has 114 valence electrons. The van der Waals surface area contributed by atoms with E-state index in [9.17, 15) is 24.1 Å². The van der Waals surface area contributed by atoms with Crippen LogP contribution in [-0.4, -0.2) is 23.3 Å². The first kappa shape index (κ1) is 16.3. The van der Waals surface area contributed by atoms with E-state index in [4.69, 9.17) is 11.5 Å². The number of nitrogen functional groups attached to an aromatic ring is 1. The molecule has 5 N–H and O–H groups in total. The number of halogens is 1. The van der Waals surface area contributed by atoms with Crippen molar-refractivity contribution in [3.05, 3.63) is 33.6 Å². The Labute approximate surface area is 119 Å². The summed E-state index contributed by atoms with van der Waals surface area (Å²) in [6, 6.07) is 1.45. The molecule has 0 spiro atoms. The van der Waals surface area contributed by atoms with Gasteiger partial charge >= 0.3 is 0 Å². The molecule has 0 heterocycles. The summed E-state index contributed by atoms with van der Waals surface area (Å²) in [6.07, 6.45) is 0. The molecule has 0 saturated heterocycles. The summed E-state index contributed by atoms with van der Waals surface area (Å²) in [7, 11) is 0. The fraction of sp³-hybridized carbons (Fsp3) is 0.333. The molecular formula is C12H15FN4O4. The van der Waals surface area contributed by atoms with E-state index in [0.717, 1.165) is 6.07 Å². The van der Waals surface area contributed by atoms with Gasteiger partial charge < -0.3 is 16.8 Å². The predicted molar refractivity (Wildman–Crippen MR) is 72.8 cm³/mol. The van der Waals surface area contributed by atoms with Crippen LogP contribution in [0.3, 0.4) is 0 Å². The second-order valence-electron chi connectivity index (χ2n) is 5.08. The smallest absolute Gasteiger partial charge is 0.285 e. The van der Waals surface area contributed by atoms with Gasteiger partial charge in [0.1, 0.15) is 5.56 Å². The van der Waals surface area contributed by atoms with Crippen molar-refractivity contribution in [3.8, 4) is 0 Å². The first-order valence-corrected chi connectivity index (χ1v) is 5.88. The Morgan fingerprint density at radius 2 is 2.00 bits per heavy atom. The largest absolute Gasteiger partial charge is 0.396 e. The molecule has 21 heavy (non-hydrogen) atoms. The zero-order valence-electron chi connectivity index (χ0n) is 11.5. The van der Waals surface area contributed by atoms with E-state index in [2.05, 4.69) is 5.32 Å². The lowest BCUT2D eigenvalue weighted by Gasteiger charge is -2.20. The van der Waals surface area contributed by atoms with Crippen LogP contribution in [0.1, 0.15) is 24.2 Å². The van der Waals surface area contributed by atoms with Gasteiger partial charge in [-0.05, 0) is 19.9 Å². The van der Waals surface area contributed by atoms with Crippen LogP contribution in [0.2, 0.25) is 0 Å². The van der Waals surface area contributed by atoms with Crippen molar-refractivity contribution in [1.29, 1.82) is 0 Å². The first-order valence-electron chi connectivity index (χ1n) is 5.88. The Balaban J connectivity index is 3.05. The van der Waals surface area contributed by atoms with Crippen LogP contribution in [-0.2, 0) is 4.79 Å². The van der Waals surface area contributed by atoms with Gasteiger partial charge in [-0.1, -0.05) is 0 Å². The van der Waals surface area contributed by atoms with E-state index in [-0.39, 0.29) is 17.8 Å². The predicted octanol–water partition coefficient (Wildman–Crippen LogP) is 0.557. The molecular weight excluding hydrogens is 283 g/mol. The van der Waals surface area contributed by atoms with E-state index < -0.39 is 33.7 Å². The minimum atomic E-state index is -1.03. The SMILES string of the molecule is CC(C)(CNC(=O)c1cc(N)c(F)cc1[N+](=O)[O-])C(N)=O. The number of hydrogen-bond donors (Lipinski definition) is 3. The van der Waals surface area contributed by atoms with Gasteiger partial charge in [0.25, 0.3) is 11.6 Å². The highest BCUT2D eigenvalue weighted by molar-refractivity contribution is 5.99. The van der Waals surface area contributed by atoms with Crippen molar-refractivity contribution >= 4 is 23.2 Å². The molecule has 0 aliphatic heterocycles. The fourth-order valence-corrected chi connectivity index (χ4v) is 1.40. The number of anilines is 1. The molecule has 0 aliphatic rings. The molecule has 0 aliphatic carbocycles. The minimum absolute atomic E-state index is 0.129. The van der Waals surface area contributed by atoms with E-state index >= 15 is 0 Å². The van der Waals surface area contributed by atoms with Gasteiger partial charge in [-0.15, -0.1) is 0 Å². The number of hydrogen-bond acceptors (Lipinski definition) is 5. The van der Waals surface area contributed by atoms with Crippen LogP contribution in [0, 0.1) is 21.3 Å². The van der Waals surface area contributed by atoms with Crippen molar-refractivity contribution in [3.63, 3.8) is 0 Å². The second kappa shape index (κ2) is 5.73. The molecule has 1 aromatic rings. The second-order valence-corrected chi connectivity index (χ2v) is 5.08. The Bertz CT molecular complexity index is 616. The zero-order valence-corrected chi connectivity index (χ0v) is 11.5. The van der Waals surface area contributed by atoms with Gasteiger partial charge in [-0.3, -0.25) is 19.7 Å². The lowest BCUT2D eigenvalue weighted by Crippen LogP contribution is -2.42. The molecule has 0 saturated carbocycles. The van der Waals surface area contributed by atoms with Crippen LogP contribution in [0.5, 0.6) is 0 Å². The quantitative estimate of drug-likeness (QED) is 0.413. The average molecular weight is 298 g/mol. The summed E-state index contributed by atoms with van der Waals surface area (Å²) >= 11 is 0. The number of carbonyl (C=O) groups excluding carboxylic acids is 2. The monoisotopic (exact) mass is 298 g/mol. The molecule has 9 heteroatoms. The van der Waals surface area contributed by atoms with Gasteiger partial charge in [-0.25, -0.2) is 4.39 Å². The summed E-state index contributed by atoms with van der Waals surface area (Å²) in [5.74, 6) is -2.48. The number of nitro groups is 1. The highest BCUT2D eigenvalue weighted by Crippen LogP contribution is 2.24. The molecule has 0 atom stereocenters. The summed E-state index contributed by atoms with van der Waals surface area (Å²) in [5, 5.41) is 13.2. The van der Waals surface area contributed by atoms with E-state index in [1.165, 1.54) is 13.8 Å². The van der Waals surface area contributed by atoms with Crippen molar-refractivity contribution in [2.75, 3.05) is 12.3 Å². The molecule has 2 amide bonds. The molecule has 0 aromatic heterocycles. The molecule has 1 rings (SSSR count). The van der Waals surface area contributed by atoms with Crippen LogP contribution in [0.15, 0.2) is 12.1 Å². The van der Waals surface area contributed by atoms with Gasteiger partial charge in [0, 0.05) is 6.54 Å². The van der Waals surface area contributed by atoms with Crippen molar-refractivity contribution < 1.29 is 18.9 Å². The van der Waals surface area contributed by atoms with E-state index in [0.29, 0.717) is 6.07 Å². The van der Waals surface area contributed by atoms with Crippen molar-refractivity contribution in [2.24, 2.45) is 11.1 Å². The Morgan fingerprint density at radius 1 is 1.43 bits per heavy atom. The molecule has 0 unspecified atom stereocenters. The van der Waals surface area contributed by atoms with Gasteiger partial charge in [0.2, 0.25) is 5.91 Å². The minimum Gasteiger partial charge on any atom is -0.396 e. The molecule has 0 bridgehead atoms. The third-order valence-corrected chi connectivity index (χ3v) is 2.91. The number of nitrogens with two attached hydrogens (primary N) is 2. The van der Waals surface area contributed by atoms with Gasteiger partial charge in [0.05, 0.1) is 22.1 Å². The van der Waals surface area contributed by atoms with Crippen LogP contribution >= 0.6 is 0 Å². The number of benzene rings is 1. The lowest BCUT2D eigenvalue weighted by atomic mass is 9.92. The third kappa shape index (κ3) is 3.65. The highest BCUT2D eigenvalue weighted by Gasteiger charge is 2.28. The highest BCUT2D eigenvalue weighted by atomic mass is 19.1. The summed E-state index contributed by atoms with van der Waals surface area (Å²) in [6.45, 7) is 2.88. The maximum absolute atomic E-state index is 13.2. The number of primary amides is 1. The molecule has 8 nitrogen and oxygen atoms in total. The number of amides is 2. The summed E-state index contributed by atoms with van der Waals surface area (Å²) in [5.41, 5.74) is 7.93.